The van der Waals surface area contributed by atoms with Crippen molar-refractivity contribution in [2.24, 2.45) is 0 Å². The fourth-order valence-corrected chi connectivity index (χ4v) is 3.38. The largest absolute Gasteiger partial charge is 0.281 e. The summed E-state index contributed by atoms with van der Waals surface area (Å²) in [6, 6.07) is 21.8. The minimum absolute atomic E-state index is 0.0949. The first-order valence-corrected chi connectivity index (χ1v) is 9.70. The molecule has 1 aromatic heterocycles. The van der Waals surface area contributed by atoms with Crippen molar-refractivity contribution >= 4 is 23.4 Å². The van der Waals surface area contributed by atoms with Crippen LogP contribution in [0.5, 0.6) is 0 Å². The average Bonchev–Trinajstić information content (AvgIpc) is 2.67. The van der Waals surface area contributed by atoms with Crippen molar-refractivity contribution in [2.75, 3.05) is 10.8 Å². The molecular formula is C21H22N4OS. The van der Waals surface area contributed by atoms with Gasteiger partial charge in [-0.3, -0.25) is 15.2 Å². The van der Waals surface area contributed by atoms with E-state index < -0.39 is 0 Å². The molecule has 3 rings (SSSR count). The van der Waals surface area contributed by atoms with Crippen LogP contribution in [0.3, 0.4) is 0 Å². The van der Waals surface area contributed by atoms with E-state index in [0.29, 0.717) is 11.7 Å². The van der Waals surface area contributed by atoms with Gasteiger partial charge in [-0.25, -0.2) is 9.97 Å². The van der Waals surface area contributed by atoms with Crippen molar-refractivity contribution < 1.29 is 4.79 Å². The van der Waals surface area contributed by atoms with E-state index in [1.807, 2.05) is 85.6 Å². The Morgan fingerprint density at radius 1 is 0.963 bits per heavy atom. The number of rotatable bonds is 7. The minimum Gasteiger partial charge on any atom is -0.281 e. The van der Waals surface area contributed by atoms with Gasteiger partial charge in [-0.05, 0) is 37.6 Å². The maximum absolute atomic E-state index is 12.5. The first kappa shape index (κ1) is 18.9. The number of anilines is 1. The third kappa shape index (κ3) is 5.82. The monoisotopic (exact) mass is 378 g/mol. The van der Waals surface area contributed by atoms with E-state index in [4.69, 9.17) is 0 Å². The number of para-hydroxylation sites is 1. The third-order valence-corrected chi connectivity index (χ3v) is 4.65. The number of nitrogens with zero attached hydrogens (tertiary/aromatic N) is 3. The molecule has 0 unspecified atom stereocenters. The molecule has 0 fully saturated rings. The summed E-state index contributed by atoms with van der Waals surface area (Å²) in [7, 11) is 0. The van der Waals surface area contributed by atoms with E-state index in [-0.39, 0.29) is 11.7 Å². The molecule has 0 saturated carbocycles. The Balaban J connectivity index is 1.66. The van der Waals surface area contributed by atoms with Gasteiger partial charge in [0.05, 0.1) is 18.0 Å². The second-order valence-corrected chi connectivity index (χ2v) is 7.11. The molecule has 3 aromatic rings. The Bertz CT molecular complexity index is 867. The number of amides is 1. The average molecular weight is 379 g/mol. The predicted molar refractivity (Wildman–Crippen MR) is 109 cm³/mol. The highest BCUT2D eigenvalue weighted by Crippen LogP contribution is 2.17. The van der Waals surface area contributed by atoms with Gasteiger partial charge in [-0.2, -0.15) is 0 Å². The number of nitrogens with one attached hydrogen (secondary N) is 1. The molecule has 1 amide bonds. The summed E-state index contributed by atoms with van der Waals surface area (Å²) in [5.74, 6) is 0.156. The lowest BCUT2D eigenvalue weighted by atomic mass is 10.2. The van der Waals surface area contributed by atoms with E-state index in [1.54, 1.807) is 0 Å². The van der Waals surface area contributed by atoms with Gasteiger partial charge < -0.3 is 0 Å². The fraction of sp³-hybridized carbons (Fsp3) is 0.190. The number of hydrazine groups is 1. The second kappa shape index (κ2) is 9.19. The van der Waals surface area contributed by atoms with Crippen LogP contribution in [-0.4, -0.2) is 21.6 Å². The van der Waals surface area contributed by atoms with Gasteiger partial charge >= 0.3 is 0 Å². The van der Waals surface area contributed by atoms with Crippen molar-refractivity contribution in [1.82, 2.24) is 15.4 Å². The molecule has 6 heteroatoms. The topological polar surface area (TPSA) is 58.1 Å². The Hall–Kier alpha value is -2.86. The van der Waals surface area contributed by atoms with Crippen LogP contribution >= 0.6 is 11.8 Å². The third-order valence-electron chi connectivity index (χ3n) is 3.81. The molecule has 138 valence electrons. The minimum atomic E-state index is -0.0949. The lowest BCUT2D eigenvalue weighted by Crippen LogP contribution is -2.42. The van der Waals surface area contributed by atoms with Crippen LogP contribution in [0.15, 0.2) is 71.9 Å². The highest BCUT2D eigenvalue weighted by Gasteiger charge is 2.12. The van der Waals surface area contributed by atoms with Crippen molar-refractivity contribution in [1.29, 1.82) is 0 Å². The van der Waals surface area contributed by atoms with Gasteiger partial charge in [0.1, 0.15) is 0 Å². The van der Waals surface area contributed by atoms with Crippen LogP contribution in [0.25, 0.3) is 0 Å². The van der Waals surface area contributed by atoms with Gasteiger partial charge in [0, 0.05) is 11.4 Å². The summed E-state index contributed by atoms with van der Waals surface area (Å²) in [4.78, 5) is 21.3. The number of thioether (sulfide) groups is 1. The number of hydrogen-bond acceptors (Lipinski definition) is 5. The van der Waals surface area contributed by atoms with Gasteiger partial charge in [0.15, 0.2) is 5.16 Å². The number of benzene rings is 2. The zero-order chi connectivity index (χ0) is 19.1. The van der Waals surface area contributed by atoms with Crippen LogP contribution in [0.2, 0.25) is 0 Å². The molecule has 0 radical (unpaired) electrons. The molecular weight excluding hydrogens is 356 g/mol. The molecule has 0 spiro atoms. The first-order chi connectivity index (χ1) is 13.1. The maximum Gasteiger partial charge on any atom is 0.248 e. The molecule has 0 aliphatic heterocycles. The maximum atomic E-state index is 12.5. The Morgan fingerprint density at radius 3 is 2.19 bits per heavy atom. The van der Waals surface area contributed by atoms with E-state index in [1.165, 1.54) is 11.8 Å². The van der Waals surface area contributed by atoms with Crippen molar-refractivity contribution in [3.8, 4) is 0 Å². The zero-order valence-electron chi connectivity index (χ0n) is 15.4. The normalized spacial score (nSPS) is 10.4. The van der Waals surface area contributed by atoms with Crippen LogP contribution < -0.4 is 10.4 Å². The summed E-state index contributed by atoms with van der Waals surface area (Å²) < 4.78 is 0. The number of aryl methyl sites for hydroxylation is 2. The van der Waals surface area contributed by atoms with E-state index >= 15 is 0 Å². The zero-order valence-corrected chi connectivity index (χ0v) is 16.2. The van der Waals surface area contributed by atoms with Crippen molar-refractivity contribution in [3.63, 3.8) is 0 Å². The van der Waals surface area contributed by atoms with Gasteiger partial charge in [0.2, 0.25) is 5.91 Å². The van der Waals surface area contributed by atoms with E-state index in [9.17, 15) is 4.79 Å². The first-order valence-electron chi connectivity index (χ1n) is 8.71. The number of carbonyl (C=O) groups is 1. The lowest BCUT2D eigenvalue weighted by Gasteiger charge is -2.25. The van der Waals surface area contributed by atoms with Crippen LogP contribution in [-0.2, 0) is 11.3 Å². The summed E-state index contributed by atoms with van der Waals surface area (Å²) in [5, 5.41) is 2.48. The molecule has 0 bridgehead atoms. The molecule has 1 N–H and O–H groups in total. The highest BCUT2D eigenvalue weighted by atomic mass is 32.2. The lowest BCUT2D eigenvalue weighted by molar-refractivity contribution is -0.118. The Labute approximate surface area is 163 Å². The Morgan fingerprint density at radius 2 is 1.56 bits per heavy atom. The van der Waals surface area contributed by atoms with E-state index in [0.717, 1.165) is 22.6 Å². The molecule has 0 aliphatic carbocycles. The molecule has 0 atom stereocenters. The number of aromatic nitrogens is 2. The number of hydrogen-bond donors (Lipinski definition) is 1. The second-order valence-electron chi connectivity index (χ2n) is 6.16. The quantitative estimate of drug-likeness (QED) is 0.384. The summed E-state index contributed by atoms with van der Waals surface area (Å²) in [5.41, 5.74) is 6.86. The molecule has 0 saturated heterocycles. The van der Waals surface area contributed by atoms with Crippen LogP contribution in [0, 0.1) is 13.8 Å². The summed E-state index contributed by atoms with van der Waals surface area (Å²) in [6.45, 7) is 4.44. The SMILES string of the molecule is Cc1cc(C)nc(SCC(=O)NN(Cc2ccccc2)c2ccccc2)n1. The molecule has 2 aromatic carbocycles. The van der Waals surface area contributed by atoms with Crippen molar-refractivity contribution in [3.05, 3.63) is 83.7 Å². The van der Waals surface area contributed by atoms with Crippen LogP contribution in [0.1, 0.15) is 17.0 Å². The molecule has 27 heavy (non-hydrogen) atoms. The van der Waals surface area contributed by atoms with E-state index in [2.05, 4.69) is 15.4 Å². The highest BCUT2D eigenvalue weighted by molar-refractivity contribution is 7.99. The van der Waals surface area contributed by atoms with Crippen molar-refractivity contribution in [2.45, 2.75) is 25.5 Å². The van der Waals surface area contributed by atoms with Gasteiger partial charge in [-0.15, -0.1) is 0 Å². The standard InChI is InChI=1S/C21H22N4OS/c1-16-13-17(2)23-21(22-16)27-15-20(26)24-25(19-11-7-4-8-12-19)14-18-9-5-3-6-10-18/h3-13H,14-15H2,1-2H3,(H,24,26). The summed E-state index contributed by atoms with van der Waals surface area (Å²) >= 11 is 1.34. The molecule has 0 aliphatic rings. The molecule has 5 nitrogen and oxygen atoms in total. The Kier molecular flexibility index (Phi) is 6.44. The van der Waals surface area contributed by atoms with Gasteiger partial charge in [-0.1, -0.05) is 60.3 Å². The summed E-state index contributed by atoms with van der Waals surface area (Å²) in [6.07, 6.45) is 0. The smallest absolute Gasteiger partial charge is 0.248 e. The molecule has 1 heterocycles. The van der Waals surface area contributed by atoms with Gasteiger partial charge in [0.25, 0.3) is 0 Å². The fourth-order valence-electron chi connectivity index (χ4n) is 2.64. The number of carbonyl (C=O) groups excluding carboxylic acids is 1. The van der Waals surface area contributed by atoms with Crippen LogP contribution in [0.4, 0.5) is 5.69 Å². The predicted octanol–water partition coefficient (Wildman–Crippen LogP) is 3.92.